The molecule has 3 aromatic heterocycles. The molecule has 10 rings (SSSR count). The third-order valence-electron chi connectivity index (χ3n) is 13.3. The summed E-state index contributed by atoms with van der Waals surface area (Å²) in [5.74, 6) is 0. The van der Waals surface area contributed by atoms with Gasteiger partial charge in [0.2, 0.25) is 0 Å². The van der Waals surface area contributed by atoms with Crippen LogP contribution in [0.2, 0.25) is 0 Å². The molecule has 0 aliphatic rings. The maximum absolute atomic E-state index is 5.06. The standard InChI is InChI=1S/C63H51N3/c1-40-34-58(46-22-10-7-11-23-46)64-37-55(40)49-28-16-19-31-52(49)61-43(4)62(53-32-20-17-29-50(53)56-38-65-59(35-41(56)2)47-24-12-8-13-25-47)45(6)63(44(61)5)54-33-21-18-30-51(54)57-39-66-60(36-42(57)3)48-26-14-9-15-27-48/h7-39H,1-6H3. The van der Waals surface area contributed by atoms with Crippen molar-refractivity contribution in [1.29, 1.82) is 0 Å². The van der Waals surface area contributed by atoms with E-state index in [1.165, 1.54) is 66.8 Å². The Hall–Kier alpha value is -8.01. The Morgan fingerprint density at radius 2 is 0.470 bits per heavy atom. The van der Waals surface area contributed by atoms with Crippen LogP contribution >= 0.6 is 0 Å². The molecule has 3 heterocycles. The van der Waals surface area contributed by atoms with Gasteiger partial charge in [-0.3, -0.25) is 15.0 Å². The van der Waals surface area contributed by atoms with E-state index in [-0.39, 0.29) is 0 Å². The lowest BCUT2D eigenvalue weighted by molar-refractivity contribution is 1.27. The zero-order valence-electron chi connectivity index (χ0n) is 38.4. The molecular weight excluding hydrogens is 799 g/mol. The summed E-state index contributed by atoms with van der Waals surface area (Å²) >= 11 is 0. The quantitative estimate of drug-likeness (QED) is 0.145. The van der Waals surface area contributed by atoms with E-state index in [9.17, 15) is 0 Å². The van der Waals surface area contributed by atoms with Crippen molar-refractivity contribution < 1.29 is 0 Å². The molecule has 0 radical (unpaired) electrons. The number of aryl methyl sites for hydroxylation is 3. The van der Waals surface area contributed by atoms with Crippen molar-refractivity contribution >= 4 is 0 Å². The van der Waals surface area contributed by atoms with E-state index in [4.69, 9.17) is 15.0 Å². The molecule has 0 N–H and O–H groups in total. The van der Waals surface area contributed by atoms with E-state index >= 15 is 0 Å². The van der Waals surface area contributed by atoms with E-state index in [1.54, 1.807) is 0 Å². The van der Waals surface area contributed by atoms with Crippen LogP contribution in [0.1, 0.15) is 33.4 Å². The van der Waals surface area contributed by atoms with E-state index in [0.29, 0.717) is 0 Å². The summed E-state index contributed by atoms with van der Waals surface area (Å²) in [5, 5.41) is 0. The van der Waals surface area contributed by atoms with Gasteiger partial charge < -0.3 is 0 Å². The molecule has 0 unspecified atom stereocenters. The number of hydrogen-bond donors (Lipinski definition) is 0. The Labute approximate surface area is 389 Å². The second-order valence-corrected chi connectivity index (χ2v) is 17.4. The van der Waals surface area contributed by atoms with Crippen LogP contribution in [0.3, 0.4) is 0 Å². The van der Waals surface area contributed by atoms with Crippen molar-refractivity contribution in [1.82, 2.24) is 15.0 Å². The minimum absolute atomic E-state index is 0.970. The summed E-state index contributed by atoms with van der Waals surface area (Å²) in [7, 11) is 0. The molecule has 3 nitrogen and oxygen atoms in total. The first-order chi connectivity index (χ1) is 32.3. The lowest BCUT2D eigenvalue weighted by Gasteiger charge is -2.27. The smallest absolute Gasteiger partial charge is 0.0705 e. The summed E-state index contributed by atoms with van der Waals surface area (Å²) < 4.78 is 0. The largest absolute Gasteiger partial charge is 0.256 e. The zero-order valence-corrected chi connectivity index (χ0v) is 38.4. The fourth-order valence-electron chi connectivity index (χ4n) is 10.1. The van der Waals surface area contributed by atoms with Crippen LogP contribution in [-0.4, -0.2) is 15.0 Å². The highest BCUT2D eigenvalue weighted by atomic mass is 14.7. The second-order valence-electron chi connectivity index (χ2n) is 17.4. The molecule has 0 amide bonds. The Morgan fingerprint density at radius 1 is 0.242 bits per heavy atom. The Bertz CT molecular complexity index is 3020. The summed E-state index contributed by atoms with van der Waals surface area (Å²) in [5.41, 5.74) is 27.5. The van der Waals surface area contributed by atoms with Crippen LogP contribution in [0, 0.1) is 41.5 Å². The van der Waals surface area contributed by atoms with Gasteiger partial charge in [0, 0.05) is 52.0 Å². The molecule has 0 atom stereocenters. The Kier molecular flexibility index (Phi) is 11.4. The highest BCUT2D eigenvalue weighted by Gasteiger charge is 2.26. The normalized spacial score (nSPS) is 11.2. The number of pyridine rings is 3. The van der Waals surface area contributed by atoms with Crippen LogP contribution in [0.15, 0.2) is 201 Å². The van der Waals surface area contributed by atoms with Crippen molar-refractivity contribution in [2.75, 3.05) is 0 Å². The van der Waals surface area contributed by atoms with Crippen molar-refractivity contribution in [3.8, 4) is 101 Å². The monoisotopic (exact) mass is 849 g/mol. The molecule has 3 heteroatoms. The number of benzene rings is 7. The molecule has 7 aromatic carbocycles. The predicted molar refractivity (Wildman–Crippen MR) is 277 cm³/mol. The SMILES string of the molecule is Cc1cc(-c2ccccc2)ncc1-c1ccccc1-c1c(C)c(-c2ccccc2-c2cnc(-c3ccccc3)cc2C)c(C)c(-c2ccccc2-c2cnc(-c3ccccc3)cc2C)c1C. The van der Waals surface area contributed by atoms with Gasteiger partial charge >= 0.3 is 0 Å². The molecule has 66 heavy (non-hydrogen) atoms. The van der Waals surface area contributed by atoms with E-state index in [1.807, 2.05) is 18.2 Å². The van der Waals surface area contributed by atoms with Gasteiger partial charge in [-0.05, 0) is 143 Å². The third-order valence-corrected chi connectivity index (χ3v) is 13.3. The van der Waals surface area contributed by atoms with Crippen molar-refractivity contribution in [3.05, 3.63) is 234 Å². The topological polar surface area (TPSA) is 38.7 Å². The minimum atomic E-state index is 0.970. The highest BCUT2D eigenvalue weighted by Crippen LogP contribution is 2.50. The van der Waals surface area contributed by atoms with Crippen LogP contribution in [0.5, 0.6) is 0 Å². The number of nitrogens with zero attached hydrogens (tertiary/aromatic N) is 3. The molecule has 318 valence electrons. The molecule has 0 aliphatic carbocycles. The second kappa shape index (κ2) is 17.9. The van der Waals surface area contributed by atoms with E-state index in [0.717, 1.165) is 67.2 Å². The highest BCUT2D eigenvalue weighted by molar-refractivity contribution is 6.01. The van der Waals surface area contributed by atoms with Gasteiger partial charge in [0.15, 0.2) is 0 Å². The van der Waals surface area contributed by atoms with Crippen LogP contribution in [0.4, 0.5) is 0 Å². The summed E-state index contributed by atoms with van der Waals surface area (Å²) in [6.07, 6.45) is 6.18. The molecule has 0 aliphatic heterocycles. The van der Waals surface area contributed by atoms with Crippen LogP contribution in [-0.2, 0) is 0 Å². The summed E-state index contributed by atoms with van der Waals surface area (Å²) in [6, 6.07) is 64.6. The maximum atomic E-state index is 5.06. The molecule has 0 saturated heterocycles. The van der Waals surface area contributed by atoms with Crippen molar-refractivity contribution in [2.45, 2.75) is 41.5 Å². The fourth-order valence-corrected chi connectivity index (χ4v) is 10.1. The van der Waals surface area contributed by atoms with E-state index in [2.05, 4.69) is 224 Å². The van der Waals surface area contributed by atoms with Crippen LogP contribution in [0.25, 0.3) is 101 Å². The minimum Gasteiger partial charge on any atom is -0.256 e. The first kappa shape index (κ1) is 42.0. The third kappa shape index (κ3) is 7.73. The average molecular weight is 850 g/mol. The first-order valence-electron chi connectivity index (χ1n) is 22.8. The average Bonchev–Trinajstić information content (AvgIpc) is 3.35. The van der Waals surface area contributed by atoms with Gasteiger partial charge in [-0.15, -0.1) is 0 Å². The van der Waals surface area contributed by atoms with Gasteiger partial charge in [0.25, 0.3) is 0 Å². The molecular formula is C63H51N3. The van der Waals surface area contributed by atoms with Gasteiger partial charge in [0.1, 0.15) is 0 Å². The lowest BCUT2D eigenvalue weighted by Crippen LogP contribution is -2.04. The maximum Gasteiger partial charge on any atom is 0.0705 e. The number of rotatable bonds is 9. The first-order valence-corrected chi connectivity index (χ1v) is 22.8. The van der Waals surface area contributed by atoms with Crippen molar-refractivity contribution in [3.63, 3.8) is 0 Å². The number of hydrogen-bond acceptors (Lipinski definition) is 3. The zero-order chi connectivity index (χ0) is 45.3. The molecule has 10 aromatic rings. The summed E-state index contributed by atoms with van der Waals surface area (Å²) in [4.78, 5) is 15.2. The Balaban J connectivity index is 1.22. The van der Waals surface area contributed by atoms with Gasteiger partial charge in [-0.1, -0.05) is 164 Å². The van der Waals surface area contributed by atoms with Gasteiger partial charge in [-0.2, -0.15) is 0 Å². The summed E-state index contributed by atoms with van der Waals surface area (Å²) in [6.45, 7) is 13.6. The molecule has 0 fully saturated rings. The van der Waals surface area contributed by atoms with Crippen LogP contribution < -0.4 is 0 Å². The van der Waals surface area contributed by atoms with Gasteiger partial charge in [0.05, 0.1) is 17.1 Å². The Morgan fingerprint density at radius 3 is 0.712 bits per heavy atom. The molecule has 0 spiro atoms. The fraction of sp³-hybridized carbons (Fsp3) is 0.0952. The molecule has 0 bridgehead atoms. The van der Waals surface area contributed by atoms with Gasteiger partial charge in [-0.25, -0.2) is 0 Å². The number of aromatic nitrogens is 3. The predicted octanol–water partition coefficient (Wildman–Crippen LogP) is 16.7. The van der Waals surface area contributed by atoms with Crippen molar-refractivity contribution in [2.24, 2.45) is 0 Å². The lowest BCUT2D eigenvalue weighted by atomic mass is 9.77. The van der Waals surface area contributed by atoms with E-state index < -0.39 is 0 Å². The molecule has 0 saturated carbocycles.